The standard InChI is InChI=1S/C8H6BrClN2/c9-7-2-1-3-12-8(7)6(4-10)5-11/h1-3,6H,4H2. The molecule has 1 heterocycles. The summed E-state index contributed by atoms with van der Waals surface area (Å²) in [6, 6.07) is 5.73. The molecular weight excluding hydrogens is 239 g/mol. The van der Waals surface area contributed by atoms with Crippen molar-refractivity contribution in [3.05, 3.63) is 28.5 Å². The number of hydrogen-bond donors (Lipinski definition) is 0. The first-order chi connectivity index (χ1) is 5.79. The molecule has 0 bridgehead atoms. The van der Waals surface area contributed by atoms with Crippen LogP contribution in [0.4, 0.5) is 0 Å². The highest BCUT2D eigenvalue weighted by Gasteiger charge is 2.12. The van der Waals surface area contributed by atoms with Gasteiger partial charge in [0.15, 0.2) is 0 Å². The van der Waals surface area contributed by atoms with Crippen LogP contribution in [0.5, 0.6) is 0 Å². The lowest BCUT2D eigenvalue weighted by molar-refractivity contribution is 0.918. The summed E-state index contributed by atoms with van der Waals surface area (Å²) in [5.74, 6) is -0.0613. The molecule has 1 aromatic rings. The van der Waals surface area contributed by atoms with Crippen LogP contribution < -0.4 is 0 Å². The van der Waals surface area contributed by atoms with E-state index in [1.54, 1.807) is 12.3 Å². The van der Waals surface area contributed by atoms with Gasteiger partial charge in [0.2, 0.25) is 0 Å². The Kier molecular flexibility index (Phi) is 3.51. The fourth-order valence-electron chi connectivity index (χ4n) is 0.823. The molecule has 0 N–H and O–H groups in total. The van der Waals surface area contributed by atoms with Gasteiger partial charge in [-0.1, -0.05) is 0 Å². The summed E-state index contributed by atoms with van der Waals surface area (Å²) in [6.07, 6.45) is 1.65. The number of nitriles is 1. The molecule has 12 heavy (non-hydrogen) atoms. The Bertz CT molecular complexity index is 308. The van der Waals surface area contributed by atoms with Crippen LogP contribution in [-0.2, 0) is 0 Å². The molecular formula is C8H6BrClN2. The highest BCUT2D eigenvalue weighted by molar-refractivity contribution is 9.10. The molecule has 1 rings (SSSR count). The number of nitrogens with zero attached hydrogens (tertiary/aromatic N) is 2. The van der Waals surface area contributed by atoms with Crippen molar-refractivity contribution in [2.75, 3.05) is 5.88 Å². The summed E-state index contributed by atoms with van der Waals surface area (Å²) >= 11 is 8.90. The number of halogens is 2. The van der Waals surface area contributed by atoms with Crippen LogP contribution in [0.25, 0.3) is 0 Å². The van der Waals surface area contributed by atoms with Crippen LogP contribution in [0.15, 0.2) is 22.8 Å². The van der Waals surface area contributed by atoms with Gasteiger partial charge in [-0.3, -0.25) is 4.98 Å². The molecule has 0 saturated carbocycles. The number of aromatic nitrogens is 1. The number of rotatable bonds is 2. The molecule has 0 spiro atoms. The van der Waals surface area contributed by atoms with Crippen LogP contribution in [-0.4, -0.2) is 10.9 Å². The Morgan fingerprint density at radius 1 is 1.75 bits per heavy atom. The zero-order valence-electron chi connectivity index (χ0n) is 6.17. The van der Waals surface area contributed by atoms with Crippen molar-refractivity contribution >= 4 is 27.5 Å². The van der Waals surface area contributed by atoms with E-state index < -0.39 is 0 Å². The van der Waals surface area contributed by atoms with E-state index in [9.17, 15) is 0 Å². The lowest BCUT2D eigenvalue weighted by Gasteiger charge is -2.05. The summed E-state index contributed by atoms with van der Waals surface area (Å²) in [4.78, 5) is 4.07. The second kappa shape index (κ2) is 4.44. The minimum absolute atomic E-state index is 0.270. The van der Waals surface area contributed by atoms with Crippen molar-refractivity contribution in [2.24, 2.45) is 0 Å². The summed E-state index contributed by atoms with van der Waals surface area (Å²) in [5, 5.41) is 8.71. The van der Waals surface area contributed by atoms with Gasteiger partial charge >= 0.3 is 0 Å². The molecule has 4 heteroatoms. The van der Waals surface area contributed by atoms with Crippen LogP contribution in [0.2, 0.25) is 0 Å². The topological polar surface area (TPSA) is 36.7 Å². The minimum Gasteiger partial charge on any atom is -0.259 e. The Labute approximate surface area is 84.3 Å². The van der Waals surface area contributed by atoms with Gasteiger partial charge in [0.1, 0.15) is 5.92 Å². The van der Waals surface area contributed by atoms with E-state index in [-0.39, 0.29) is 11.8 Å². The van der Waals surface area contributed by atoms with Crippen LogP contribution in [0.3, 0.4) is 0 Å². The van der Waals surface area contributed by atoms with E-state index in [4.69, 9.17) is 16.9 Å². The van der Waals surface area contributed by atoms with Crippen molar-refractivity contribution < 1.29 is 0 Å². The Morgan fingerprint density at radius 2 is 2.50 bits per heavy atom. The van der Waals surface area contributed by atoms with Crippen molar-refractivity contribution in [1.29, 1.82) is 5.26 Å². The maximum atomic E-state index is 8.71. The molecule has 1 unspecified atom stereocenters. The maximum absolute atomic E-state index is 8.71. The first-order valence-corrected chi connectivity index (χ1v) is 4.68. The summed E-state index contributed by atoms with van der Waals surface area (Å²) < 4.78 is 0.831. The lowest BCUT2D eigenvalue weighted by atomic mass is 10.1. The van der Waals surface area contributed by atoms with Gasteiger partial charge in [0, 0.05) is 16.5 Å². The van der Waals surface area contributed by atoms with E-state index in [1.165, 1.54) is 0 Å². The highest BCUT2D eigenvalue weighted by Crippen LogP contribution is 2.22. The molecule has 0 aliphatic rings. The SMILES string of the molecule is N#CC(CCl)c1ncccc1Br. The predicted molar refractivity (Wildman–Crippen MR) is 51.0 cm³/mol. The van der Waals surface area contributed by atoms with Gasteiger partial charge in [-0.15, -0.1) is 11.6 Å². The van der Waals surface area contributed by atoms with Gasteiger partial charge in [0.25, 0.3) is 0 Å². The zero-order chi connectivity index (χ0) is 8.97. The Balaban J connectivity index is 3.02. The zero-order valence-corrected chi connectivity index (χ0v) is 8.51. The lowest BCUT2D eigenvalue weighted by Crippen LogP contribution is -2.00. The third-order valence-corrected chi connectivity index (χ3v) is 2.41. The third kappa shape index (κ3) is 1.96. The fraction of sp³-hybridized carbons (Fsp3) is 0.250. The van der Waals surface area contributed by atoms with E-state index in [0.717, 1.165) is 4.47 Å². The molecule has 0 saturated heterocycles. The molecule has 0 fully saturated rings. The molecule has 0 amide bonds. The van der Waals surface area contributed by atoms with Gasteiger partial charge in [-0.05, 0) is 28.1 Å². The van der Waals surface area contributed by atoms with Crippen LogP contribution in [0.1, 0.15) is 11.6 Å². The maximum Gasteiger partial charge on any atom is 0.103 e. The molecule has 0 aromatic carbocycles. The average Bonchev–Trinajstić information content (AvgIpc) is 2.10. The first-order valence-electron chi connectivity index (χ1n) is 3.35. The van der Waals surface area contributed by atoms with E-state index >= 15 is 0 Å². The summed E-state index contributed by atoms with van der Waals surface area (Å²) in [5.41, 5.74) is 0.704. The van der Waals surface area contributed by atoms with Gasteiger partial charge in [-0.2, -0.15) is 5.26 Å². The monoisotopic (exact) mass is 244 g/mol. The summed E-state index contributed by atoms with van der Waals surface area (Å²) in [7, 11) is 0. The second-order valence-corrected chi connectivity index (χ2v) is 3.37. The quantitative estimate of drug-likeness (QED) is 0.751. The molecule has 0 aliphatic carbocycles. The largest absolute Gasteiger partial charge is 0.259 e. The van der Waals surface area contributed by atoms with Crippen molar-refractivity contribution in [3.63, 3.8) is 0 Å². The number of hydrogen-bond acceptors (Lipinski definition) is 2. The normalized spacial score (nSPS) is 12.1. The Hall–Kier alpha value is -0.590. The fourth-order valence-corrected chi connectivity index (χ4v) is 1.57. The van der Waals surface area contributed by atoms with Crippen LogP contribution in [0, 0.1) is 11.3 Å². The average molecular weight is 246 g/mol. The Morgan fingerprint density at radius 3 is 3.00 bits per heavy atom. The van der Waals surface area contributed by atoms with E-state index in [1.807, 2.05) is 6.07 Å². The molecule has 0 radical (unpaired) electrons. The smallest absolute Gasteiger partial charge is 0.103 e. The molecule has 1 aromatic heterocycles. The molecule has 0 aliphatic heterocycles. The van der Waals surface area contributed by atoms with Crippen LogP contribution >= 0.6 is 27.5 Å². The molecule has 1 atom stereocenters. The molecule has 2 nitrogen and oxygen atoms in total. The van der Waals surface area contributed by atoms with Gasteiger partial charge in [0.05, 0.1) is 11.8 Å². The van der Waals surface area contributed by atoms with Gasteiger partial charge in [-0.25, -0.2) is 0 Å². The van der Waals surface area contributed by atoms with E-state index in [0.29, 0.717) is 5.69 Å². The van der Waals surface area contributed by atoms with Gasteiger partial charge < -0.3 is 0 Å². The number of pyridine rings is 1. The van der Waals surface area contributed by atoms with Crippen molar-refractivity contribution in [2.45, 2.75) is 5.92 Å². The second-order valence-electron chi connectivity index (χ2n) is 2.21. The minimum atomic E-state index is -0.331. The van der Waals surface area contributed by atoms with Crippen molar-refractivity contribution in [3.8, 4) is 6.07 Å². The third-order valence-electron chi connectivity index (χ3n) is 1.43. The number of alkyl halides is 1. The molecule has 62 valence electrons. The predicted octanol–water partition coefficient (Wildman–Crippen LogP) is 2.69. The first kappa shape index (κ1) is 9.50. The summed E-state index contributed by atoms with van der Waals surface area (Å²) in [6.45, 7) is 0. The van der Waals surface area contributed by atoms with Crippen molar-refractivity contribution in [1.82, 2.24) is 4.98 Å². The highest BCUT2D eigenvalue weighted by atomic mass is 79.9. The van der Waals surface area contributed by atoms with E-state index in [2.05, 4.69) is 27.0 Å².